The molecule has 0 spiro atoms. The Morgan fingerprint density at radius 1 is 0.885 bits per heavy atom. The van der Waals surface area contributed by atoms with Gasteiger partial charge in [-0.05, 0) is 46.3 Å². The molecular formula is C21H38O4S. The zero-order chi connectivity index (χ0) is 19.8. The van der Waals surface area contributed by atoms with E-state index in [1.807, 2.05) is 32.5 Å². The van der Waals surface area contributed by atoms with Gasteiger partial charge in [-0.2, -0.15) is 11.8 Å². The molecule has 0 bridgehead atoms. The SMILES string of the molecule is C=C(C)C(=O)OCCSCCCCCCCCCCC(=O)OC(C)(C)C. The highest BCUT2D eigenvalue weighted by molar-refractivity contribution is 7.99. The van der Waals surface area contributed by atoms with Crippen molar-refractivity contribution in [3.63, 3.8) is 0 Å². The summed E-state index contributed by atoms with van der Waals surface area (Å²) in [6.07, 6.45) is 10.1. The number of thioether (sulfide) groups is 1. The minimum atomic E-state index is -0.371. The first-order valence-electron chi connectivity index (χ1n) is 9.84. The van der Waals surface area contributed by atoms with Crippen molar-refractivity contribution in [2.45, 2.75) is 91.1 Å². The highest BCUT2D eigenvalue weighted by Crippen LogP contribution is 2.14. The van der Waals surface area contributed by atoms with Crippen molar-refractivity contribution in [1.29, 1.82) is 0 Å². The van der Waals surface area contributed by atoms with Crippen molar-refractivity contribution < 1.29 is 19.1 Å². The van der Waals surface area contributed by atoms with Gasteiger partial charge in [-0.15, -0.1) is 0 Å². The van der Waals surface area contributed by atoms with Crippen molar-refractivity contribution in [3.8, 4) is 0 Å². The van der Waals surface area contributed by atoms with Crippen LogP contribution in [0, 0.1) is 0 Å². The molecule has 0 aliphatic carbocycles. The summed E-state index contributed by atoms with van der Waals surface area (Å²) in [5, 5.41) is 0. The van der Waals surface area contributed by atoms with Crippen LogP contribution in [0.4, 0.5) is 0 Å². The van der Waals surface area contributed by atoms with Crippen molar-refractivity contribution in [2.24, 2.45) is 0 Å². The van der Waals surface area contributed by atoms with E-state index in [4.69, 9.17) is 9.47 Å². The monoisotopic (exact) mass is 386 g/mol. The molecule has 4 nitrogen and oxygen atoms in total. The molecule has 0 heterocycles. The zero-order valence-corrected chi connectivity index (χ0v) is 18.1. The average molecular weight is 387 g/mol. The van der Waals surface area contributed by atoms with Crippen LogP contribution in [0.3, 0.4) is 0 Å². The number of hydrogen-bond donors (Lipinski definition) is 0. The van der Waals surface area contributed by atoms with Gasteiger partial charge in [0.25, 0.3) is 0 Å². The van der Waals surface area contributed by atoms with Gasteiger partial charge in [-0.3, -0.25) is 4.79 Å². The zero-order valence-electron chi connectivity index (χ0n) is 17.2. The maximum absolute atomic E-state index is 11.6. The van der Waals surface area contributed by atoms with Crippen LogP contribution in [0.25, 0.3) is 0 Å². The molecule has 5 heteroatoms. The number of carbonyl (C=O) groups excluding carboxylic acids is 2. The molecule has 26 heavy (non-hydrogen) atoms. The molecule has 0 atom stereocenters. The van der Waals surface area contributed by atoms with Crippen LogP contribution >= 0.6 is 11.8 Å². The van der Waals surface area contributed by atoms with Crippen LogP contribution in [0.15, 0.2) is 12.2 Å². The summed E-state index contributed by atoms with van der Waals surface area (Å²) in [7, 11) is 0. The lowest BCUT2D eigenvalue weighted by molar-refractivity contribution is -0.155. The topological polar surface area (TPSA) is 52.6 Å². The maximum atomic E-state index is 11.6. The summed E-state index contributed by atoms with van der Waals surface area (Å²) in [6, 6.07) is 0. The summed E-state index contributed by atoms with van der Waals surface area (Å²) < 4.78 is 10.3. The van der Waals surface area contributed by atoms with E-state index in [9.17, 15) is 9.59 Å². The van der Waals surface area contributed by atoms with E-state index in [2.05, 4.69) is 6.58 Å². The van der Waals surface area contributed by atoms with Crippen LogP contribution in [0.1, 0.15) is 85.5 Å². The van der Waals surface area contributed by atoms with E-state index in [1.165, 1.54) is 38.5 Å². The first-order chi connectivity index (χ1) is 12.2. The molecule has 0 amide bonds. The van der Waals surface area contributed by atoms with Gasteiger partial charge in [0.1, 0.15) is 12.2 Å². The van der Waals surface area contributed by atoms with Crippen LogP contribution in [-0.2, 0) is 19.1 Å². The predicted octanol–water partition coefficient (Wildman–Crippen LogP) is 5.69. The van der Waals surface area contributed by atoms with Gasteiger partial charge in [0.05, 0.1) is 0 Å². The van der Waals surface area contributed by atoms with Crippen molar-refractivity contribution >= 4 is 23.7 Å². The predicted molar refractivity (Wildman–Crippen MR) is 110 cm³/mol. The molecule has 152 valence electrons. The lowest BCUT2D eigenvalue weighted by Gasteiger charge is -2.19. The Balaban J connectivity index is 3.24. The average Bonchev–Trinajstić information content (AvgIpc) is 2.53. The van der Waals surface area contributed by atoms with E-state index in [0.29, 0.717) is 18.6 Å². The van der Waals surface area contributed by atoms with Crippen molar-refractivity contribution in [2.75, 3.05) is 18.1 Å². The Labute approximate surface area is 164 Å². The van der Waals surface area contributed by atoms with E-state index in [1.54, 1.807) is 6.92 Å². The maximum Gasteiger partial charge on any atom is 0.333 e. The Morgan fingerprint density at radius 2 is 1.42 bits per heavy atom. The van der Waals surface area contributed by atoms with Gasteiger partial charge in [0.15, 0.2) is 0 Å². The van der Waals surface area contributed by atoms with E-state index in [0.717, 1.165) is 24.3 Å². The number of carbonyl (C=O) groups is 2. The second kappa shape index (κ2) is 15.1. The molecule has 0 aromatic carbocycles. The van der Waals surface area contributed by atoms with Crippen LogP contribution in [-0.4, -0.2) is 35.7 Å². The highest BCUT2D eigenvalue weighted by atomic mass is 32.2. The molecule has 0 aliphatic heterocycles. The number of unbranched alkanes of at least 4 members (excludes halogenated alkanes) is 7. The summed E-state index contributed by atoms with van der Waals surface area (Å²) in [6.45, 7) is 11.4. The number of rotatable bonds is 15. The largest absolute Gasteiger partial charge is 0.461 e. The minimum Gasteiger partial charge on any atom is -0.461 e. The Bertz CT molecular complexity index is 413. The number of esters is 2. The summed E-state index contributed by atoms with van der Waals surface area (Å²) >= 11 is 1.84. The molecule has 0 aliphatic rings. The van der Waals surface area contributed by atoms with Gasteiger partial charge in [0, 0.05) is 17.7 Å². The number of hydrogen-bond acceptors (Lipinski definition) is 5. The van der Waals surface area contributed by atoms with E-state index >= 15 is 0 Å². The van der Waals surface area contributed by atoms with Gasteiger partial charge in [-0.1, -0.05) is 45.1 Å². The fourth-order valence-corrected chi connectivity index (χ4v) is 3.16. The Morgan fingerprint density at radius 3 is 1.96 bits per heavy atom. The summed E-state index contributed by atoms with van der Waals surface area (Å²) in [5.74, 6) is 1.61. The van der Waals surface area contributed by atoms with Gasteiger partial charge in [-0.25, -0.2) is 4.79 Å². The summed E-state index contributed by atoms with van der Waals surface area (Å²) in [4.78, 5) is 22.7. The van der Waals surface area contributed by atoms with Crippen molar-refractivity contribution in [3.05, 3.63) is 12.2 Å². The third-order valence-corrected chi connectivity index (χ3v) is 4.68. The smallest absolute Gasteiger partial charge is 0.333 e. The molecule has 0 radical (unpaired) electrons. The fourth-order valence-electron chi connectivity index (χ4n) is 2.35. The Hall–Kier alpha value is -0.970. The Kier molecular flexibility index (Phi) is 14.6. The molecule has 0 aromatic heterocycles. The lowest BCUT2D eigenvalue weighted by Crippen LogP contribution is -2.23. The molecule has 0 unspecified atom stereocenters. The van der Waals surface area contributed by atoms with Crippen LogP contribution in [0.2, 0.25) is 0 Å². The third-order valence-electron chi connectivity index (χ3n) is 3.65. The standard InChI is InChI=1S/C21H38O4S/c1-18(2)20(23)24-15-17-26-16-13-11-9-7-6-8-10-12-14-19(22)25-21(3,4)5/h1,6-17H2,2-5H3. The third kappa shape index (κ3) is 17.8. The number of ether oxygens (including phenoxy) is 2. The highest BCUT2D eigenvalue weighted by Gasteiger charge is 2.15. The van der Waals surface area contributed by atoms with Gasteiger partial charge >= 0.3 is 11.9 Å². The molecule has 0 N–H and O–H groups in total. The second-order valence-electron chi connectivity index (χ2n) is 7.69. The fraction of sp³-hybridized carbons (Fsp3) is 0.810. The minimum absolute atomic E-state index is 0.0793. The molecule has 0 aromatic rings. The van der Waals surface area contributed by atoms with E-state index in [-0.39, 0.29) is 17.5 Å². The molecule has 0 fully saturated rings. The quantitative estimate of drug-likeness (QED) is 0.205. The molecular weight excluding hydrogens is 348 g/mol. The van der Waals surface area contributed by atoms with Gasteiger partial charge < -0.3 is 9.47 Å². The first kappa shape index (κ1) is 25.0. The first-order valence-corrected chi connectivity index (χ1v) is 11.0. The van der Waals surface area contributed by atoms with Crippen molar-refractivity contribution in [1.82, 2.24) is 0 Å². The molecule has 0 saturated heterocycles. The van der Waals surface area contributed by atoms with Crippen LogP contribution < -0.4 is 0 Å². The normalized spacial score (nSPS) is 11.2. The van der Waals surface area contributed by atoms with Gasteiger partial charge in [0.2, 0.25) is 0 Å². The summed E-state index contributed by atoms with van der Waals surface area (Å²) in [5.41, 5.74) is 0.0876. The van der Waals surface area contributed by atoms with Crippen LogP contribution in [0.5, 0.6) is 0 Å². The molecule has 0 rings (SSSR count). The second-order valence-corrected chi connectivity index (χ2v) is 8.92. The van der Waals surface area contributed by atoms with E-state index < -0.39 is 0 Å². The molecule has 0 saturated carbocycles. The lowest BCUT2D eigenvalue weighted by atomic mass is 10.1.